The third-order valence-electron chi connectivity index (χ3n) is 9.91. The molecule has 0 amide bonds. The van der Waals surface area contributed by atoms with Crippen molar-refractivity contribution in [2.45, 2.75) is 37.6 Å². The van der Waals surface area contributed by atoms with Gasteiger partial charge in [-0.2, -0.15) is 0 Å². The molecule has 8 nitrogen and oxygen atoms in total. The van der Waals surface area contributed by atoms with Crippen molar-refractivity contribution in [3.05, 3.63) is 108 Å². The molecule has 0 aromatic heterocycles. The van der Waals surface area contributed by atoms with E-state index in [1.807, 2.05) is 12.1 Å². The summed E-state index contributed by atoms with van der Waals surface area (Å²) in [4.78, 5) is 16.2. The lowest BCUT2D eigenvalue weighted by Gasteiger charge is -2.16. The quantitative estimate of drug-likeness (QED) is 0.169. The second-order valence-corrected chi connectivity index (χ2v) is 13.4. The molecule has 1 atom stereocenters. The minimum atomic E-state index is 0.104. The Balaban J connectivity index is 0.898. The van der Waals surface area contributed by atoms with E-state index in [1.165, 1.54) is 52.1 Å². The second kappa shape index (κ2) is 14.2. The van der Waals surface area contributed by atoms with E-state index >= 15 is 0 Å². The summed E-state index contributed by atoms with van der Waals surface area (Å²) in [5, 5.41) is 6.83. The van der Waals surface area contributed by atoms with Crippen molar-refractivity contribution in [1.29, 1.82) is 0 Å². The molecule has 8 rings (SSSR count). The third kappa shape index (κ3) is 7.33. The fourth-order valence-corrected chi connectivity index (χ4v) is 6.96. The van der Waals surface area contributed by atoms with Gasteiger partial charge in [0.05, 0.1) is 31.5 Å². The van der Waals surface area contributed by atoms with E-state index in [2.05, 4.69) is 111 Å². The van der Waals surface area contributed by atoms with Crippen LogP contribution in [-0.2, 0) is 6.42 Å². The van der Waals surface area contributed by atoms with Crippen LogP contribution < -0.4 is 20.1 Å². The van der Waals surface area contributed by atoms with Crippen LogP contribution in [0.1, 0.15) is 47.9 Å². The van der Waals surface area contributed by atoms with Gasteiger partial charge in [-0.25, -0.2) is 0 Å². The van der Waals surface area contributed by atoms with E-state index in [1.54, 1.807) is 0 Å². The highest BCUT2D eigenvalue weighted by molar-refractivity contribution is 5.86. The molecule has 1 saturated carbocycles. The van der Waals surface area contributed by atoms with Crippen molar-refractivity contribution >= 4 is 17.5 Å². The first-order chi connectivity index (χ1) is 24.2. The van der Waals surface area contributed by atoms with Crippen LogP contribution in [0.2, 0.25) is 0 Å². The smallest absolute Gasteiger partial charge is 0.145 e. The fraction of sp³-hybridized carbons (Fsp3) is 0.341. The van der Waals surface area contributed by atoms with Crippen LogP contribution in [0, 0.1) is 0 Å². The molecule has 4 aromatic rings. The zero-order valence-electron chi connectivity index (χ0n) is 28.2. The number of hydrogen-bond donors (Lipinski definition) is 2. The Morgan fingerprint density at radius 2 is 1.59 bits per heavy atom. The van der Waals surface area contributed by atoms with Crippen LogP contribution >= 0.6 is 0 Å². The predicted molar refractivity (Wildman–Crippen MR) is 198 cm³/mol. The van der Waals surface area contributed by atoms with Crippen LogP contribution in [0.25, 0.3) is 22.3 Å². The molecule has 49 heavy (non-hydrogen) atoms. The molecule has 4 aliphatic rings. The van der Waals surface area contributed by atoms with Crippen molar-refractivity contribution < 1.29 is 9.47 Å². The van der Waals surface area contributed by atoms with Crippen molar-refractivity contribution in [2.75, 3.05) is 53.0 Å². The Hall–Kier alpha value is -5.11. The lowest BCUT2D eigenvalue weighted by atomic mass is 9.94. The summed E-state index contributed by atoms with van der Waals surface area (Å²) in [5.41, 5.74) is 8.83. The highest BCUT2D eigenvalue weighted by Crippen LogP contribution is 2.46. The van der Waals surface area contributed by atoms with Gasteiger partial charge in [-0.3, -0.25) is 15.0 Å². The molecular formula is C41H44N6O2. The first kappa shape index (κ1) is 31.2. The van der Waals surface area contributed by atoms with Crippen LogP contribution in [0.5, 0.6) is 11.5 Å². The molecule has 4 aromatic carbocycles. The Morgan fingerprint density at radius 1 is 0.755 bits per heavy atom. The first-order valence-electron chi connectivity index (χ1n) is 17.7. The van der Waals surface area contributed by atoms with Crippen LogP contribution in [0.3, 0.4) is 0 Å². The number of nitrogens with one attached hydrogen (secondary N) is 2. The number of benzene rings is 4. The first-order valence-corrected chi connectivity index (χ1v) is 17.7. The summed E-state index contributed by atoms with van der Waals surface area (Å²) < 4.78 is 12.4. The number of nitrogens with zero attached hydrogens (tertiary/aromatic N) is 4. The molecule has 8 heteroatoms. The topological polar surface area (TPSA) is 82.8 Å². The standard InChI is InChI=1S/C41H44N6O2/c1-47-22-21-44-41(47)18-16-29-5-2-3-8-35(29)30-11-9-28(10-12-30)32-15-17-38(36(24-32)31-13-14-31)49-27-40-45-25-37(46-40)33-6-4-7-34(23-33)48-26-39-42-19-20-43-39/h2-12,15,17,23-24,31,37H,13-14,16,18-22,25-27H2,1H3,(H,42,43)(H,45,46). The van der Waals surface area contributed by atoms with Gasteiger partial charge in [0.25, 0.3) is 0 Å². The number of aryl methyl sites for hydroxylation is 1. The summed E-state index contributed by atoms with van der Waals surface area (Å²) in [6.45, 7) is 5.22. The van der Waals surface area contributed by atoms with Crippen molar-refractivity contribution in [2.24, 2.45) is 15.0 Å². The van der Waals surface area contributed by atoms with Crippen LogP contribution in [-0.4, -0.2) is 75.4 Å². The summed E-state index contributed by atoms with van der Waals surface area (Å²) in [5.74, 6) is 5.37. The molecule has 0 saturated heterocycles. The van der Waals surface area contributed by atoms with Crippen molar-refractivity contribution in [1.82, 2.24) is 15.5 Å². The fourth-order valence-electron chi connectivity index (χ4n) is 6.96. The van der Waals surface area contributed by atoms with Gasteiger partial charge in [-0.1, -0.05) is 66.7 Å². The molecule has 1 aliphatic carbocycles. The Morgan fingerprint density at radius 3 is 2.41 bits per heavy atom. The predicted octanol–water partition coefficient (Wildman–Crippen LogP) is 6.68. The minimum absolute atomic E-state index is 0.104. The maximum atomic E-state index is 6.42. The number of aliphatic imine (C=N–C) groups is 3. The van der Waals surface area contributed by atoms with E-state index < -0.39 is 0 Å². The van der Waals surface area contributed by atoms with E-state index in [0.717, 1.165) is 67.8 Å². The van der Waals surface area contributed by atoms with Gasteiger partial charge in [-0.05, 0) is 88.4 Å². The molecule has 1 unspecified atom stereocenters. The van der Waals surface area contributed by atoms with E-state index in [4.69, 9.17) is 14.5 Å². The maximum Gasteiger partial charge on any atom is 0.145 e. The lowest BCUT2D eigenvalue weighted by Crippen LogP contribution is -2.28. The SMILES string of the molecule is CN1CCN=C1CCc1ccccc1-c1ccc(-c2ccc(OCC3=NCC(c4cccc(OCC5=NCCN5)c4)N3)c(C3CC3)c2)cc1. The van der Waals surface area contributed by atoms with Gasteiger partial charge in [-0.15, -0.1) is 0 Å². The van der Waals surface area contributed by atoms with Crippen molar-refractivity contribution in [3.63, 3.8) is 0 Å². The molecule has 2 N–H and O–H groups in total. The van der Waals surface area contributed by atoms with Gasteiger partial charge in [0.2, 0.25) is 0 Å². The van der Waals surface area contributed by atoms with E-state index in [-0.39, 0.29) is 6.04 Å². The molecule has 0 bridgehead atoms. The second-order valence-electron chi connectivity index (χ2n) is 13.4. The van der Waals surface area contributed by atoms with E-state index in [0.29, 0.717) is 25.7 Å². The monoisotopic (exact) mass is 652 g/mol. The number of likely N-dealkylation sites (N-methyl/N-ethyl adjacent to an activating group) is 1. The molecular weight excluding hydrogens is 608 g/mol. The summed E-state index contributed by atoms with van der Waals surface area (Å²) in [6, 6.07) is 32.8. The van der Waals surface area contributed by atoms with Crippen LogP contribution in [0.4, 0.5) is 0 Å². The van der Waals surface area contributed by atoms with Gasteiger partial charge < -0.3 is 25.0 Å². The molecule has 250 valence electrons. The Labute approximate surface area is 289 Å². The summed E-state index contributed by atoms with van der Waals surface area (Å²) in [6.07, 6.45) is 4.39. The zero-order valence-corrected chi connectivity index (χ0v) is 28.2. The summed E-state index contributed by atoms with van der Waals surface area (Å²) in [7, 11) is 2.14. The normalized spacial score (nSPS) is 18.4. The van der Waals surface area contributed by atoms with Crippen molar-refractivity contribution in [3.8, 4) is 33.8 Å². The average Bonchev–Trinajstić information content (AvgIpc) is 3.45. The number of ether oxygens (including phenoxy) is 2. The van der Waals surface area contributed by atoms with Crippen LogP contribution in [0.15, 0.2) is 106 Å². The summed E-state index contributed by atoms with van der Waals surface area (Å²) >= 11 is 0. The minimum Gasteiger partial charge on any atom is -0.486 e. The highest BCUT2D eigenvalue weighted by Gasteiger charge is 2.28. The third-order valence-corrected chi connectivity index (χ3v) is 9.91. The maximum absolute atomic E-state index is 6.42. The Kier molecular flexibility index (Phi) is 9.01. The van der Waals surface area contributed by atoms with Gasteiger partial charge in [0.15, 0.2) is 0 Å². The largest absolute Gasteiger partial charge is 0.486 e. The molecule has 3 heterocycles. The molecule has 0 radical (unpaired) electrons. The van der Waals surface area contributed by atoms with Gasteiger partial charge in [0.1, 0.15) is 36.4 Å². The molecule has 3 aliphatic heterocycles. The van der Waals surface area contributed by atoms with Gasteiger partial charge in [0, 0.05) is 26.6 Å². The highest BCUT2D eigenvalue weighted by atomic mass is 16.5. The Bertz CT molecular complexity index is 1890. The van der Waals surface area contributed by atoms with E-state index in [9.17, 15) is 0 Å². The average molecular weight is 653 g/mol. The number of hydrogen-bond acceptors (Lipinski definition) is 8. The zero-order chi connectivity index (χ0) is 33.0. The molecule has 0 spiro atoms. The number of amidine groups is 3. The molecule has 1 fully saturated rings. The lowest BCUT2D eigenvalue weighted by molar-refractivity contribution is 0.368. The van der Waals surface area contributed by atoms with Gasteiger partial charge >= 0.3 is 0 Å². The number of rotatable bonds is 13.